The number of para-hydroxylation sites is 5. The van der Waals surface area contributed by atoms with Gasteiger partial charge in [0.05, 0.1) is 16.7 Å². The summed E-state index contributed by atoms with van der Waals surface area (Å²) in [7, 11) is 0. The van der Waals surface area contributed by atoms with Crippen molar-refractivity contribution in [2.24, 2.45) is 0 Å². The summed E-state index contributed by atoms with van der Waals surface area (Å²) in [5.74, 6) is 1.76. The van der Waals surface area contributed by atoms with Crippen LogP contribution in [0.15, 0.2) is 212 Å². The largest absolute Gasteiger partial charge is 0.458 e. The lowest BCUT2D eigenvalue weighted by molar-refractivity contribution is 0.487. The van der Waals surface area contributed by atoms with Crippen LogP contribution in [-0.2, 0) is 0 Å². The van der Waals surface area contributed by atoms with Gasteiger partial charge in [0, 0.05) is 38.7 Å². The molecule has 0 fully saturated rings. The van der Waals surface area contributed by atoms with Gasteiger partial charge in [0.25, 0.3) is 0 Å². The predicted octanol–water partition coefficient (Wildman–Crippen LogP) is 12.8. The molecule has 58 heavy (non-hydrogen) atoms. The van der Waals surface area contributed by atoms with Gasteiger partial charge in [0.15, 0.2) is 0 Å². The molecule has 0 unspecified atom stereocenters. The zero-order valence-electron chi connectivity index (χ0n) is 31.6. The molecule has 2 aliphatic rings. The first-order chi connectivity index (χ1) is 28.8. The van der Waals surface area contributed by atoms with Crippen LogP contribution < -0.4 is 20.5 Å². The van der Waals surface area contributed by atoms with E-state index in [-0.39, 0.29) is 6.85 Å². The van der Waals surface area contributed by atoms with E-state index in [0.717, 1.165) is 50.6 Å². The molecule has 10 aromatic rings. The maximum Gasteiger partial charge on any atom is 0.336 e. The number of anilines is 2. The lowest BCUT2D eigenvalue weighted by Crippen LogP contribution is -2.59. The van der Waals surface area contributed by atoms with Crippen LogP contribution in [0, 0.1) is 0 Å². The number of hydrogen-bond donors (Lipinski definition) is 0. The van der Waals surface area contributed by atoms with Gasteiger partial charge >= 0.3 is 6.85 Å². The minimum Gasteiger partial charge on any atom is -0.458 e. The number of rotatable bonds is 5. The summed E-state index contributed by atoms with van der Waals surface area (Å²) in [5, 5.41) is 2.50. The molecule has 1 aromatic heterocycles. The van der Waals surface area contributed by atoms with Crippen LogP contribution in [0.4, 0.5) is 11.4 Å². The van der Waals surface area contributed by atoms with E-state index in [1.54, 1.807) is 0 Å². The van der Waals surface area contributed by atoms with Crippen molar-refractivity contribution in [1.82, 2.24) is 4.57 Å². The van der Waals surface area contributed by atoms with E-state index >= 15 is 0 Å². The third-order valence-corrected chi connectivity index (χ3v) is 12.0. The standard InChI is InChI=1S/C54H35BN2O/c1-3-16-36(17-4-1)37-18-15-19-38(32-37)40-33-46-45-25-10-14-29-51(45)57(41-20-5-2-6-21-41)55-47-31-30-39(34-52(47)58-53(35-40)54(46)55)42-22-7-11-26-48(42)56-49-27-12-8-23-43(49)44-24-9-13-28-50(44)56/h1-35H. The SMILES string of the molecule is c1ccc(-c2cccc(-c3cc4c5c(c3)-c3ccccc3N(c3ccccc3)B5c3ccc(-c5ccccc5-n5c6ccccc6c6ccccc65)cc3O4)c2)cc1. The first-order valence-corrected chi connectivity index (χ1v) is 20.0. The molecule has 2 aliphatic heterocycles. The first-order valence-electron chi connectivity index (χ1n) is 20.0. The van der Waals surface area contributed by atoms with E-state index in [4.69, 9.17) is 4.74 Å². The Labute approximate surface area is 337 Å². The summed E-state index contributed by atoms with van der Waals surface area (Å²) < 4.78 is 9.61. The Kier molecular flexibility index (Phi) is 7.33. The van der Waals surface area contributed by atoms with Crippen LogP contribution in [0.2, 0.25) is 0 Å². The molecule has 270 valence electrons. The number of aromatic nitrogens is 1. The van der Waals surface area contributed by atoms with Gasteiger partial charge in [-0.2, -0.15) is 0 Å². The van der Waals surface area contributed by atoms with Crippen molar-refractivity contribution >= 4 is 51.0 Å². The Morgan fingerprint density at radius 3 is 1.71 bits per heavy atom. The van der Waals surface area contributed by atoms with Crippen LogP contribution in [0.25, 0.3) is 72.0 Å². The Bertz CT molecular complexity index is 3170. The van der Waals surface area contributed by atoms with Crippen LogP contribution in [0.1, 0.15) is 0 Å². The first kappa shape index (κ1) is 32.7. The maximum atomic E-state index is 7.20. The monoisotopic (exact) mass is 738 g/mol. The van der Waals surface area contributed by atoms with Crippen molar-refractivity contribution in [1.29, 1.82) is 0 Å². The molecule has 0 saturated heterocycles. The highest BCUT2D eigenvalue weighted by molar-refractivity contribution is 6.92. The third kappa shape index (κ3) is 5.02. The fourth-order valence-corrected chi connectivity index (χ4v) is 9.47. The van der Waals surface area contributed by atoms with Gasteiger partial charge in [-0.25, -0.2) is 0 Å². The van der Waals surface area contributed by atoms with Crippen molar-refractivity contribution in [3.05, 3.63) is 212 Å². The molecule has 0 saturated carbocycles. The quantitative estimate of drug-likeness (QED) is 0.164. The molecule has 0 N–H and O–H groups in total. The van der Waals surface area contributed by atoms with E-state index in [1.807, 2.05) is 0 Å². The van der Waals surface area contributed by atoms with E-state index in [9.17, 15) is 0 Å². The highest BCUT2D eigenvalue weighted by Crippen LogP contribution is 2.46. The zero-order chi connectivity index (χ0) is 38.2. The van der Waals surface area contributed by atoms with Gasteiger partial charge in [-0.05, 0) is 99.5 Å². The molecule has 9 aromatic carbocycles. The molecule has 0 aliphatic carbocycles. The Balaban J connectivity index is 1.07. The molecule has 3 nitrogen and oxygen atoms in total. The average Bonchev–Trinajstić information content (AvgIpc) is 3.63. The van der Waals surface area contributed by atoms with Crippen molar-refractivity contribution in [3.63, 3.8) is 0 Å². The maximum absolute atomic E-state index is 7.20. The molecule has 0 atom stereocenters. The Morgan fingerprint density at radius 1 is 0.362 bits per heavy atom. The van der Waals surface area contributed by atoms with Gasteiger partial charge < -0.3 is 14.1 Å². The van der Waals surface area contributed by atoms with Crippen LogP contribution in [-0.4, -0.2) is 11.4 Å². The van der Waals surface area contributed by atoms with E-state index in [2.05, 4.69) is 222 Å². The summed E-state index contributed by atoms with van der Waals surface area (Å²) >= 11 is 0. The molecular weight excluding hydrogens is 703 g/mol. The molecular formula is C54H35BN2O. The molecule has 0 amide bonds. The number of ether oxygens (including phenoxy) is 1. The van der Waals surface area contributed by atoms with Crippen molar-refractivity contribution in [2.75, 3.05) is 4.81 Å². The second-order valence-electron chi connectivity index (χ2n) is 15.2. The topological polar surface area (TPSA) is 17.4 Å². The summed E-state index contributed by atoms with van der Waals surface area (Å²) in [4.78, 5) is 2.50. The zero-order valence-corrected chi connectivity index (χ0v) is 31.6. The fraction of sp³-hybridized carbons (Fsp3) is 0. The molecule has 4 heteroatoms. The van der Waals surface area contributed by atoms with Gasteiger partial charge in [-0.15, -0.1) is 0 Å². The Hall–Kier alpha value is -7.56. The second-order valence-corrected chi connectivity index (χ2v) is 15.2. The van der Waals surface area contributed by atoms with E-state index in [1.165, 1.54) is 55.2 Å². The average molecular weight is 739 g/mol. The smallest absolute Gasteiger partial charge is 0.336 e. The minimum atomic E-state index is -0.0996. The highest BCUT2D eigenvalue weighted by atomic mass is 16.5. The third-order valence-electron chi connectivity index (χ3n) is 12.0. The Morgan fingerprint density at radius 2 is 0.948 bits per heavy atom. The summed E-state index contributed by atoms with van der Waals surface area (Å²) in [6.45, 7) is -0.0996. The molecule has 0 bridgehead atoms. The number of hydrogen-bond acceptors (Lipinski definition) is 2. The van der Waals surface area contributed by atoms with Crippen LogP contribution in [0.5, 0.6) is 11.5 Å². The van der Waals surface area contributed by atoms with Crippen molar-refractivity contribution in [3.8, 4) is 61.7 Å². The second kappa shape index (κ2) is 13.0. The number of fused-ring (bicyclic) bond motifs is 7. The lowest BCUT2D eigenvalue weighted by atomic mass is 9.44. The summed E-state index contributed by atoms with van der Waals surface area (Å²) in [6, 6.07) is 76.7. The van der Waals surface area contributed by atoms with Crippen molar-refractivity contribution in [2.45, 2.75) is 0 Å². The summed E-state index contributed by atoms with van der Waals surface area (Å²) in [6.07, 6.45) is 0. The fourth-order valence-electron chi connectivity index (χ4n) is 9.47. The predicted molar refractivity (Wildman–Crippen MR) is 243 cm³/mol. The summed E-state index contributed by atoms with van der Waals surface area (Å²) in [5.41, 5.74) is 17.5. The van der Waals surface area contributed by atoms with Crippen LogP contribution in [0.3, 0.4) is 0 Å². The number of benzene rings is 9. The van der Waals surface area contributed by atoms with Gasteiger partial charge in [0.1, 0.15) is 11.5 Å². The lowest BCUT2D eigenvalue weighted by Gasteiger charge is -2.42. The van der Waals surface area contributed by atoms with Gasteiger partial charge in [0.2, 0.25) is 0 Å². The molecule has 0 radical (unpaired) electrons. The van der Waals surface area contributed by atoms with Gasteiger partial charge in [-0.3, -0.25) is 0 Å². The van der Waals surface area contributed by atoms with E-state index < -0.39 is 0 Å². The molecule has 3 heterocycles. The van der Waals surface area contributed by atoms with Crippen molar-refractivity contribution < 1.29 is 4.74 Å². The molecule has 12 rings (SSSR count). The normalized spacial score (nSPS) is 12.6. The van der Waals surface area contributed by atoms with Gasteiger partial charge in [-0.1, -0.05) is 152 Å². The molecule has 0 spiro atoms. The highest BCUT2D eigenvalue weighted by Gasteiger charge is 2.44. The van der Waals surface area contributed by atoms with Crippen LogP contribution >= 0.6 is 0 Å². The number of nitrogens with zero attached hydrogens (tertiary/aromatic N) is 2. The van der Waals surface area contributed by atoms with E-state index in [0.29, 0.717) is 0 Å². The minimum absolute atomic E-state index is 0.0996.